The predicted molar refractivity (Wildman–Crippen MR) is 91.7 cm³/mol. The number of halogens is 2. The maximum atomic E-state index is 13.0. The van der Waals surface area contributed by atoms with E-state index < -0.39 is 0 Å². The molecule has 0 saturated carbocycles. The van der Waals surface area contributed by atoms with E-state index in [2.05, 4.69) is 21.2 Å². The molecular weight excluding hydrogens is 377 g/mol. The Morgan fingerprint density at radius 2 is 2.17 bits per heavy atom. The van der Waals surface area contributed by atoms with Gasteiger partial charge in [0.15, 0.2) is 6.61 Å². The Bertz CT molecular complexity index is 738. The molecule has 2 aromatic carbocycles. The van der Waals surface area contributed by atoms with E-state index in [9.17, 15) is 9.18 Å². The van der Waals surface area contributed by atoms with Gasteiger partial charge in [0.05, 0.1) is 11.1 Å². The number of hydrogen-bond acceptors (Lipinski definition) is 3. The van der Waals surface area contributed by atoms with Gasteiger partial charge in [-0.1, -0.05) is 18.2 Å². The van der Waals surface area contributed by atoms with Crippen molar-refractivity contribution in [3.63, 3.8) is 0 Å². The van der Waals surface area contributed by atoms with E-state index in [4.69, 9.17) is 9.47 Å². The monoisotopic (exact) mass is 393 g/mol. The highest BCUT2D eigenvalue weighted by Gasteiger charge is 2.20. The highest BCUT2D eigenvalue weighted by molar-refractivity contribution is 9.10. The molecule has 0 saturated heterocycles. The van der Waals surface area contributed by atoms with Gasteiger partial charge >= 0.3 is 0 Å². The summed E-state index contributed by atoms with van der Waals surface area (Å²) < 4.78 is 24.6. The third kappa shape index (κ3) is 4.26. The van der Waals surface area contributed by atoms with Gasteiger partial charge in [-0.2, -0.15) is 0 Å². The molecule has 4 nitrogen and oxygen atoms in total. The third-order valence-corrected chi connectivity index (χ3v) is 4.42. The van der Waals surface area contributed by atoms with Gasteiger partial charge in [0, 0.05) is 12.5 Å². The lowest BCUT2D eigenvalue weighted by molar-refractivity contribution is -0.123. The number of fused-ring (bicyclic) bond motifs is 1. The Kier molecular flexibility index (Phi) is 5.35. The average Bonchev–Trinajstić information content (AvgIpc) is 2.59. The van der Waals surface area contributed by atoms with Crippen molar-refractivity contribution < 1.29 is 18.7 Å². The lowest BCUT2D eigenvalue weighted by Crippen LogP contribution is -2.37. The molecule has 0 aromatic heterocycles. The molecule has 0 fully saturated rings. The summed E-state index contributed by atoms with van der Waals surface area (Å²) in [5.74, 6) is 1.01. The van der Waals surface area contributed by atoms with Crippen molar-refractivity contribution in [3.05, 3.63) is 58.3 Å². The lowest BCUT2D eigenvalue weighted by Gasteiger charge is -2.25. The minimum atomic E-state index is -0.365. The highest BCUT2D eigenvalue weighted by atomic mass is 79.9. The molecule has 3 rings (SSSR count). The molecule has 1 aliphatic rings. The summed E-state index contributed by atoms with van der Waals surface area (Å²) in [5, 5.41) is 2.85. The summed E-state index contributed by atoms with van der Waals surface area (Å²) in [6.07, 6.45) is 0.876. The van der Waals surface area contributed by atoms with Crippen molar-refractivity contribution in [1.82, 2.24) is 5.32 Å². The van der Waals surface area contributed by atoms with Crippen molar-refractivity contribution in [2.24, 2.45) is 5.92 Å². The highest BCUT2D eigenvalue weighted by Crippen LogP contribution is 2.27. The molecule has 6 heteroatoms. The molecule has 126 valence electrons. The minimum Gasteiger partial charge on any atom is -0.493 e. The molecule has 1 amide bonds. The number of rotatable bonds is 5. The largest absolute Gasteiger partial charge is 0.493 e. The van der Waals surface area contributed by atoms with E-state index in [-0.39, 0.29) is 24.2 Å². The topological polar surface area (TPSA) is 47.6 Å². The number of benzene rings is 2. The zero-order valence-electron chi connectivity index (χ0n) is 12.9. The smallest absolute Gasteiger partial charge is 0.257 e. The average molecular weight is 394 g/mol. The number of amides is 1. The number of hydrogen-bond donors (Lipinski definition) is 1. The van der Waals surface area contributed by atoms with Crippen LogP contribution in [-0.2, 0) is 11.2 Å². The van der Waals surface area contributed by atoms with Crippen LogP contribution in [0.3, 0.4) is 0 Å². The van der Waals surface area contributed by atoms with E-state index in [1.165, 1.54) is 18.2 Å². The van der Waals surface area contributed by atoms with E-state index in [0.717, 1.165) is 17.7 Å². The fraction of sp³-hybridized carbons (Fsp3) is 0.278. The summed E-state index contributed by atoms with van der Waals surface area (Å²) in [6, 6.07) is 12.0. The Morgan fingerprint density at radius 3 is 3.00 bits per heavy atom. The van der Waals surface area contributed by atoms with Crippen LogP contribution in [-0.4, -0.2) is 25.7 Å². The molecule has 2 aromatic rings. The van der Waals surface area contributed by atoms with Gasteiger partial charge in [-0.25, -0.2) is 4.39 Å². The van der Waals surface area contributed by atoms with E-state index in [0.29, 0.717) is 23.4 Å². The van der Waals surface area contributed by atoms with Crippen LogP contribution < -0.4 is 14.8 Å². The lowest BCUT2D eigenvalue weighted by atomic mass is 9.97. The Morgan fingerprint density at radius 1 is 1.33 bits per heavy atom. The second-order valence-corrected chi connectivity index (χ2v) is 6.51. The first-order valence-corrected chi connectivity index (χ1v) is 8.46. The van der Waals surface area contributed by atoms with Gasteiger partial charge < -0.3 is 14.8 Å². The maximum Gasteiger partial charge on any atom is 0.257 e. The number of carbonyl (C=O) groups excluding carboxylic acids is 1. The molecule has 24 heavy (non-hydrogen) atoms. The van der Waals surface area contributed by atoms with Crippen molar-refractivity contribution in [3.8, 4) is 11.5 Å². The summed E-state index contributed by atoms with van der Waals surface area (Å²) in [7, 11) is 0. The predicted octanol–water partition coefficient (Wildman–Crippen LogP) is 3.33. The Labute approximate surface area is 148 Å². The number of carbonyl (C=O) groups is 1. The van der Waals surface area contributed by atoms with Gasteiger partial charge in [-0.15, -0.1) is 0 Å². The van der Waals surface area contributed by atoms with Gasteiger partial charge in [0.2, 0.25) is 0 Å². The van der Waals surface area contributed by atoms with Gasteiger partial charge in [-0.3, -0.25) is 4.79 Å². The molecular formula is C18H17BrFNO3. The quantitative estimate of drug-likeness (QED) is 0.847. The van der Waals surface area contributed by atoms with Crippen LogP contribution >= 0.6 is 15.9 Å². The molecule has 0 unspecified atom stereocenters. The van der Waals surface area contributed by atoms with Gasteiger partial charge in [-0.05, 0) is 52.2 Å². The van der Waals surface area contributed by atoms with E-state index in [1.54, 1.807) is 0 Å². The molecule has 1 aliphatic heterocycles. The first-order chi connectivity index (χ1) is 11.6. The molecule has 0 radical (unpaired) electrons. The summed E-state index contributed by atoms with van der Waals surface area (Å²) in [5.41, 5.74) is 1.16. The summed E-state index contributed by atoms with van der Waals surface area (Å²) in [4.78, 5) is 11.9. The fourth-order valence-corrected chi connectivity index (χ4v) is 3.03. The molecule has 1 atom stereocenters. The Hall–Kier alpha value is -2.08. The van der Waals surface area contributed by atoms with Crippen molar-refractivity contribution in [2.45, 2.75) is 6.42 Å². The van der Waals surface area contributed by atoms with Gasteiger partial charge in [0.25, 0.3) is 5.91 Å². The van der Waals surface area contributed by atoms with E-state index in [1.807, 2.05) is 24.3 Å². The van der Waals surface area contributed by atoms with Crippen LogP contribution in [0.4, 0.5) is 4.39 Å². The van der Waals surface area contributed by atoms with Crippen LogP contribution in [0.2, 0.25) is 0 Å². The Balaban J connectivity index is 1.45. The SMILES string of the molecule is O=C(COc1ccc(F)cc1Br)NC[C@@H]1COc2ccccc2C1. The standard InChI is InChI=1S/C18H17BrFNO3/c19-15-8-14(20)5-6-17(15)24-11-18(22)21-9-12-7-13-3-1-2-4-16(13)23-10-12/h1-6,8,12H,7,9-11H2,(H,21,22)/t12-/m1/s1. The zero-order chi connectivity index (χ0) is 16.9. The normalized spacial score (nSPS) is 16.0. The maximum absolute atomic E-state index is 13.0. The second-order valence-electron chi connectivity index (χ2n) is 5.66. The fourth-order valence-electron chi connectivity index (χ4n) is 2.57. The molecule has 0 aliphatic carbocycles. The number of para-hydroxylation sites is 1. The second kappa shape index (κ2) is 7.66. The van der Waals surface area contributed by atoms with Crippen LogP contribution in [0.1, 0.15) is 5.56 Å². The van der Waals surface area contributed by atoms with Crippen molar-refractivity contribution in [1.29, 1.82) is 0 Å². The number of nitrogens with one attached hydrogen (secondary N) is 1. The minimum absolute atomic E-state index is 0.117. The molecule has 0 spiro atoms. The van der Waals surface area contributed by atoms with Crippen molar-refractivity contribution in [2.75, 3.05) is 19.8 Å². The molecule has 0 bridgehead atoms. The molecule has 1 N–H and O–H groups in total. The first kappa shape index (κ1) is 16.8. The summed E-state index contributed by atoms with van der Waals surface area (Å²) in [6.45, 7) is 0.997. The number of ether oxygens (including phenoxy) is 2. The van der Waals surface area contributed by atoms with Crippen LogP contribution in [0.25, 0.3) is 0 Å². The van der Waals surface area contributed by atoms with Crippen LogP contribution in [0.5, 0.6) is 11.5 Å². The summed E-state index contributed by atoms with van der Waals surface area (Å²) >= 11 is 3.20. The van der Waals surface area contributed by atoms with Crippen LogP contribution in [0, 0.1) is 11.7 Å². The van der Waals surface area contributed by atoms with Gasteiger partial charge in [0.1, 0.15) is 17.3 Å². The third-order valence-electron chi connectivity index (χ3n) is 3.80. The van der Waals surface area contributed by atoms with Crippen molar-refractivity contribution >= 4 is 21.8 Å². The molecule has 1 heterocycles. The van der Waals surface area contributed by atoms with Crippen LogP contribution in [0.15, 0.2) is 46.9 Å². The first-order valence-electron chi connectivity index (χ1n) is 7.67. The van der Waals surface area contributed by atoms with E-state index >= 15 is 0 Å². The zero-order valence-corrected chi connectivity index (χ0v) is 14.5.